The lowest BCUT2D eigenvalue weighted by Crippen LogP contribution is -2.39. The van der Waals surface area contributed by atoms with Crippen molar-refractivity contribution in [2.24, 2.45) is 0 Å². The number of urea groups is 1. The maximum Gasteiger partial charge on any atom is 0.322 e. The van der Waals surface area contributed by atoms with Crippen molar-refractivity contribution in [3.8, 4) is 22.1 Å². The van der Waals surface area contributed by atoms with Gasteiger partial charge in [-0.15, -0.1) is 11.3 Å². The predicted octanol–water partition coefficient (Wildman–Crippen LogP) is 5.02. The second-order valence-electron chi connectivity index (χ2n) is 7.05. The SMILES string of the molecule is CC(C)N(Cc1cccc(-c2nccs2)c1)C(=O)Nc1ccc2c(c1)OCCO2. The van der Waals surface area contributed by atoms with Crippen LogP contribution < -0.4 is 14.8 Å². The summed E-state index contributed by atoms with van der Waals surface area (Å²) in [4.78, 5) is 19.1. The molecule has 1 aromatic heterocycles. The fourth-order valence-electron chi connectivity index (χ4n) is 3.17. The molecule has 0 bridgehead atoms. The molecule has 1 aliphatic heterocycles. The van der Waals surface area contributed by atoms with E-state index in [1.807, 2.05) is 49.6 Å². The largest absolute Gasteiger partial charge is 0.486 e. The van der Waals surface area contributed by atoms with Gasteiger partial charge in [0.15, 0.2) is 11.5 Å². The van der Waals surface area contributed by atoms with E-state index in [-0.39, 0.29) is 12.1 Å². The number of fused-ring (bicyclic) bond motifs is 1. The van der Waals surface area contributed by atoms with E-state index in [9.17, 15) is 4.79 Å². The van der Waals surface area contributed by atoms with Crippen molar-refractivity contribution >= 4 is 23.1 Å². The summed E-state index contributed by atoms with van der Waals surface area (Å²) in [5.74, 6) is 1.36. The first kappa shape index (κ1) is 19.3. The minimum atomic E-state index is -0.156. The molecule has 1 aliphatic rings. The highest BCUT2D eigenvalue weighted by Gasteiger charge is 2.19. The Balaban J connectivity index is 1.49. The Morgan fingerprint density at radius 1 is 1.17 bits per heavy atom. The van der Waals surface area contributed by atoms with Crippen LogP contribution in [0.5, 0.6) is 11.5 Å². The molecule has 6 nitrogen and oxygen atoms in total. The molecule has 3 aromatic rings. The molecular weight excluding hydrogens is 386 g/mol. The van der Waals surface area contributed by atoms with Gasteiger partial charge >= 0.3 is 6.03 Å². The third-order valence-electron chi connectivity index (χ3n) is 4.64. The number of hydrogen-bond donors (Lipinski definition) is 1. The van der Waals surface area contributed by atoms with Crippen molar-refractivity contribution in [2.45, 2.75) is 26.4 Å². The zero-order valence-electron chi connectivity index (χ0n) is 16.4. The fourth-order valence-corrected chi connectivity index (χ4v) is 3.81. The highest BCUT2D eigenvalue weighted by molar-refractivity contribution is 7.13. The Morgan fingerprint density at radius 3 is 2.76 bits per heavy atom. The first-order valence-electron chi connectivity index (χ1n) is 9.56. The molecule has 0 saturated carbocycles. The minimum absolute atomic E-state index is 0.0377. The van der Waals surface area contributed by atoms with Crippen LogP contribution in [0.4, 0.5) is 10.5 Å². The molecule has 29 heavy (non-hydrogen) atoms. The van der Waals surface area contributed by atoms with Gasteiger partial charge in [0.2, 0.25) is 0 Å². The Morgan fingerprint density at radius 2 is 2.00 bits per heavy atom. The molecule has 0 spiro atoms. The van der Waals surface area contributed by atoms with Crippen LogP contribution in [-0.4, -0.2) is 35.2 Å². The molecule has 2 heterocycles. The molecule has 2 aromatic carbocycles. The summed E-state index contributed by atoms with van der Waals surface area (Å²) < 4.78 is 11.1. The van der Waals surface area contributed by atoms with Gasteiger partial charge in [-0.1, -0.05) is 18.2 Å². The molecule has 1 N–H and O–H groups in total. The summed E-state index contributed by atoms with van der Waals surface area (Å²) in [5.41, 5.74) is 2.80. The molecule has 0 radical (unpaired) electrons. The van der Waals surface area contributed by atoms with E-state index in [4.69, 9.17) is 9.47 Å². The average Bonchev–Trinajstić information content (AvgIpc) is 3.27. The van der Waals surface area contributed by atoms with Crippen LogP contribution in [0, 0.1) is 0 Å². The molecule has 7 heteroatoms. The second kappa shape index (κ2) is 8.53. The number of nitrogens with zero attached hydrogens (tertiary/aromatic N) is 2. The van der Waals surface area contributed by atoms with Gasteiger partial charge in [-0.05, 0) is 37.6 Å². The number of nitrogens with one attached hydrogen (secondary N) is 1. The zero-order valence-corrected chi connectivity index (χ0v) is 17.2. The molecule has 150 valence electrons. The van der Waals surface area contributed by atoms with Gasteiger partial charge in [-0.2, -0.15) is 0 Å². The third kappa shape index (κ3) is 4.51. The number of ether oxygens (including phenoxy) is 2. The van der Waals surface area contributed by atoms with E-state index in [1.54, 1.807) is 28.5 Å². The molecule has 0 atom stereocenters. The van der Waals surface area contributed by atoms with Crippen molar-refractivity contribution in [1.82, 2.24) is 9.88 Å². The molecular formula is C22H23N3O3S. The highest BCUT2D eigenvalue weighted by Crippen LogP contribution is 2.32. The van der Waals surface area contributed by atoms with Gasteiger partial charge < -0.3 is 19.7 Å². The number of carbonyl (C=O) groups excluding carboxylic acids is 1. The van der Waals surface area contributed by atoms with Crippen molar-refractivity contribution in [3.05, 3.63) is 59.6 Å². The van der Waals surface area contributed by atoms with E-state index in [1.165, 1.54) is 0 Å². The number of benzene rings is 2. The fraction of sp³-hybridized carbons (Fsp3) is 0.273. The summed E-state index contributed by atoms with van der Waals surface area (Å²) in [5, 5.41) is 5.91. The van der Waals surface area contributed by atoms with E-state index < -0.39 is 0 Å². The van der Waals surface area contributed by atoms with E-state index in [0.717, 1.165) is 16.1 Å². The number of thiazole rings is 1. The van der Waals surface area contributed by atoms with Crippen LogP contribution >= 0.6 is 11.3 Å². The van der Waals surface area contributed by atoms with Crippen LogP contribution in [0.3, 0.4) is 0 Å². The predicted molar refractivity (Wildman–Crippen MR) is 115 cm³/mol. The van der Waals surface area contributed by atoms with Crippen molar-refractivity contribution in [1.29, 1.82) is 0 Å². The van der Waals surface area contributed by atoms with E-state index in [0.29, 0.717) is 36.9 Å². The number of amides is 2. The van der Waals surface area contributed by atoms with Gasteiger partial charge in [-0.25, -0.2) is 9.78 Å². The second-order valence-corrected chi connectivity index (χ2v) is 7.94. The topological polar surface area (TPSA) is 63.7 Å². The first-order chi connectivity index (χ1) is 14.1. The lowest BCUT2D eigenvalue weighted by atomic mass is 10.1. The van der Waals surface area contributed by atoms with Gasteiger partial charge in [0.25, 0.3) is 0 Å². The maximum absolute atomic E-state index is 13.0. The smallest absolute Gasteiger partial charge is 0.322 e. The van der Waals surface area contributed by atoms with E-state index >= 15 is 0 Å². The summed E-state index contributed by atoms with van der Waals surface area (Å²) in [6.07, 6.45) is 1.80. The van der Waals surface area contributed by atoms with Crippen LogP contribution in [0.2, 0.25) is 0 Å². The molecule has 0 aliphatic carbocycles. The Labute approximate surface area is 174 Å². The van der Waals surface area contributed by atoms with Crippen LogP contribution in [0.1, 0.15) is 19.4 Å². The normalized spacial score (nSPS) is 12.7. The minimum Gasteiger partial charge on any atom is -0.486 e. The van der Waals surface area contributed by atoms with Gasteiger partial charge in [0, 0.05) is 41.5 Å². The van der Waals surface area contributed by atoms with Crippen LogP contribution in [0.15, 0.2) is 54.0 Å². The quantitative estimate of drug-likeness (QED) is 0.642. The summed E-state index contributed by atoms with van der Waals surface area (Å²) in [7, 11) is 0. The molecule has 0 unspecified atom stereocenters. The number of hydrogen-bond acceptors (Lipinski definition) is 5. The molecule has 0 fully saturated rings. The lowest BCUT2D eigenvalue weighted by Gasteiger charge is -2.27. The number of carbonyl (C=O) groups is 1. The third-order valence-corrected chi connectivity index (χ3v) is 5.46. The Kier molecular flexibility index (Phi) is 5.67. The summed E-state index contributed by atoms with van der Waals surface area (Å²) in [6.45, 7) is 5.58. The highest BCUT2D eigenvalue weighted by atomic mass is 32.1. The Hall–Kier alpha value is -3.06. The van der Waals surface area contributed by atoms with Crippen molar-refractivity contribution in [2.75, 3.05) is 18.5 Å². The average molecular weight is 410 g/mol. The standard InChI is InChI=1S/C22H23N3O3S/c1-15(2)25(14-16-4-3-5-17(12-16)21-23-8-11-29-21)22(26)24-18-6-7-19-20(13-18)28-10-9-27-19/h3-8,11-13,15H,9-10,14H2,1-2H3,(H,24,26). The molecule has 4 rings (SSSR count). The summed E-state index contributed by atoms with van der Waals surface area (Å²) in [6, 6.07) is 13.5. The van der Waals surface area contributed by atoms with Gasteiger partial charge in [0.1, 0.15) is 18.2 Å². The maximum atomic E-state index is 13.0. The van der Waals surface area contributed by atoms with Crippen LogP contribution in [0.25, 0.3) is 10.6 Å². The van der Waals surface area contributed by atoms with Gasteiger partial charge in [-0.3, -0.25) is 0 Å². The number of aromatic nitrogens is 1. The zero-order chi connectivity index (χ0) is 20.2. The van der Waals surface area contributed by atoms with Crippen LogP contribution in [-0.2, 0) is 6.54 Å². The lowest BCUT2D eigenvalue weighted by molar-refractivity contribution is 0.171. The molecule has 2 amide bonds. The monoisotopic (exact) mass is 409 g/mol. The molecule has 0 saturated heterocycles. The van der Waals surface area contributed by atoms with Crippen molar-refractivity contribution in [3.63, 3.8) is 0 Å². The number of anilines is 1. The van der Waals surface area contributed by atoms with E-state index in [2.05, 4.69) is 16.4 Å². The number of rotatable bonds is 5. The summed E-state index contributed by atoms with van der Waals surface area (Å²) >= 11 is 1.60. The van der Waals surface area contributed by atoms with Gasteiger partial charge in [0.05, 0.1) is 0 Å². The Bertz CT molecular complexity index is 989. The van der Waals surface area contributed by atoms with Crippen molar-refractivity contribution < 1.29 is 14.3 Å². The first-order valence-corrected chi connectivity index (χ1v) is 10.4.